The van der Waals surface area contributed by atoms with Crippen molar-refractivity contribution in [3.05, 3.63) is 35.4 Å². The number of fused-ring (bicyclic) bond motifs is 1. The molecule has 2 heterocycles. The minimum absolute atomic E-state index is 0.0556. The summed E-state index contributed by atoms with van der Waals surface area (Å²) in [6, 6.07) is 4.12. The molecule has 1 spiro atoms. The van der Waals surface area contributed by atoms with E-state index < -0.39 is 11.0 Å². The number of carbonyl (C=O) groups is 1. The van der Waals surface area contributed by atoms with Crippen LogP contribution in [-0.4, -0.2) is 46.8 Å². The van der Waals surface area contributed by atoms with Crippen molar-refractivity contribution < 1.29 is 19.4 Å². The molecule has 0 aromatic heterocycles. The van der Waals surface area contributed by atoms with Crippen LogP contribution in [0.1, 0.15) is 147 Å². The first kappa shape index (κ1) is 32.5. The predicted octanol–water partition coefficient (Wildman–Crippen LogP) is 8.83. The third kappa shape index (κ3) is 6.88. The maximum Gasteiger partial charge on any atom is 0.311 e. The molecule has 1 aromatic rings. The number of unbranched alkanes of at least 4 members (excludes halogenated alkanes) is 12. The van der Waals surface area contributed by atoms with Gasteiger partial charge < -0.3 is 14.6 Å². The van der Waals surface area contributed by atoms with E-state index in [0.29, 0.717) is 17.9 Å². The quantitative estimate of drug-likeness (QED) is 0.0752. The molecule has 2 aliphatic heterocycles. The number of hydrogen-bond acceptors (Lipinski definition) is 5. The molecule has 2 aliphatic carbocycles. The molecule has 2 fully saturated rings. The lowest BCUT2D eigenvalue weighted by Gasteiger charge is -2.60. The molecule has 5 heteroatoms. The lowest BCUT2D eigenvalue weighted by atomic mass is 9.52. The Kier molecular flexibility index (Phi) is 11.0. The van der Waals surface area contributed by atoms with Gasteiger partial charge in [-0.25, -0.2) is 0 Å². The second-order valence-corrected chi connectivity index (χ2v) is 14.4. The summed E-state index contributed by atoms with van der Waals surface area (Å²) in [5.41, 5.74) is 1.78. The summed E-state index contributed by atoms with van der Waals surface area (Å²) < 4.78 is 12.7. The third-order valence-electron chi connectivity index (χ3n) is 11.3. The zero-order valence-corrected chi connectivity index (χ0v) is 27.6. The van der Waals surface area contributed by atoms with Crippen molar-refractivity contribution in [3.63, 3.8) is 0 Å². The monoisotopic (exact) mass is 593 g/mol. The zero-order valence-electron chi connectivity index (χ0n) is 27.6. The molecular formula is C38H59NO4. The van der Waals surface area contributed by atoms with Crippen LogP contribution in [0.4, 0.5) is 0 Å². The fourth-order valence-electron chi connectivity index (χ4n) is 8.43. The Bertz CT molecular complexity index is 1110. The van der Waals surface area contributed by atoms with Crippen LogP contribution >= 0.6 is 0 Å². The molecular weight excluding hydrogens is 534 g/mol. The molecule has 1 saturated carbocycles. The van der Waals surface area contributed by atoms with Crippen LogP contribution in [0.3, 0.4) is 0 Å². The number of ether oxygens (including phenoxy) is 2. The number of nitrogens with zero attached hydrogens (tertiary/aromatic N) is 1. The maximum absolute atomic E-state index is 13.0. The molecule has 5 rings (SSSR count). The number of carbonyl (C=O) groups excluding carboxylic acids is 1. The number of likely N-dealkylation sites (tertiary alicyclic amines) is 1. The third-order valence-corrected chi connectivity index (χ3v) is 11.3. The highest BCUT2D eigenvalue weighted by Crippen LogP contribution is 2.63. The van der Waals surface area contributed by atoms with Crippen molar-refractivity contribution in [2.24, 2.45) is 5.92 Å². The van der Waals surface area contributed by atoms with E-state index in [1.165, 1.54) is 89.0 Å². The van der Waals surface area contributed by atoms with Crippen molar-refractivity contribution in [1.82, 2.24) is 4.90 Å². The fourth-order valence-corrected chi connectivity index (χ4v) is 8.43. The number of rotatable bonds is 19. The number of esters is 1. The molecule has 240 valence electrons. The summed E-state index contributed by atoms with van der Waals surface area (Å²) in [7, 11) is 0. The first-order chi connectivity index (χ1) is 20.8. The first-order valence-electron chi connectivity index (χ1n) is 18.0. The van der Waals surface area contributed by atoms with Gasteiger partial charge in [-0.2, -0.15) is 0 Å². The van der Waals surface area contributed by atoms with Gasteiger partial charge in [-0.1, -0.05) is 104 Å². The van der Waals surface area contributed by atoms with Gasteiger partial charge >= 0.3 is 5.97 Å². The van der Waals surface area contributed by atoms with Crippen molar-refractivity contribution in [3.8, 4) is 11.5 Å². The van der Waals surface area contributed by atoms with E-state index in [0.717, 1.165) is 62.2 Å². The molecule has 1 saturated heterocycles. The van der Waals surface area contributed by atoms with E-state index in [4.69, 9.17) is 9.47 Å². The van der Waals surface area contributed by atoms with Crippen LogP contribution in [0.2, 0.25) is 0 Å². The van der Waals surface area contributed by atoms with E-state index >= 15 is 0 Å². The topological polar surface area (TPSA) is 59.0 Å². The lowest BCUT2D eigenvalue weighted by molar-refractivity contribution is -0.149. The van der Waals surface area contributed by atoms with Gasteiger partial charge in [-0.05, 0) is 75.1 Å². The Morgan fingerprint density at radius 1 is 1.00 bits per heavy atom. The standard InChI is InChI=1S/C38H59NO4/c1-5-7-8-9-10-11-12-13-14-15-16-17-18-19-33(40)42-31-23-22-30-26-32-37(4,41)38(24-25-39(32)27-29-20-21-29)34(30)35(31)43-36(38)28(3)6-2/h22-23,29,32,36,41H,3,5-21,24-27H2,1-2,4H3. The van der Waals surface area contributed by atoms with Crippen molar-refractivity contribution in [2.75, 3.05) is 13.1 Å². The van der Waals surface area contributed by atoms with E-state index in [-0.39, 0.29) is 18.1 Å². The average molecular weight is 594 g/mol. The lowest BCUT2D eigenvalue weighted by Crippen LogP contribution is -2.73. The van der Waals surface area contributed by atoms with Gasteiger partial charge in [-0.3, -0.25) is 9.69 Å². The Labute approximate surface area is 261 Å². The Morgan fingerprint density at radius 3 is 2.23 bits per heavy atom. The summed E-state index contributed by atoms with van der Waals surface area (Å²) in [4.78, 5) is 15.5. The summed E-state index contributed by atoms with van der Waals surface area (Å²) in [6.45, 7) is 12.9. The highest BCUT2D eigenvalue weighted by atomic mass is 16.6. The Hall–Kier alpha value is -1.85. The van der Waals surface area contributed by atoms with Crippen molar-refractivity contribution >= 4 is 5.97 Å². The molecule has 5 nitrogen and oxygen atoms in total. The summed E-state index contributed by atoms with van der Waals surface area (Å²) in [6.07, 6.45) is 21.8. The van der Waals surface area contributed by atoms with Gasteiger partial charge in [0, 0.05) is 24.6 Å². The largest absolute Gasteiger partial charge is 0.481 e. The highest BCUT2D eigenvalue weighted by Gasteiger charge is 2.68. The Morgan fingerprint density at radius 2 is 1.63 bits per heavy atom. The molecule has 4 atom stereocenters. The normalized spacial score (nSPS) is 27.5. The molecule has 4 unspecified atom stereocenters. The molecule has 1 N–H and O–H groups in total. The Balaban J connectivity index is 1.15. The summed E-state index contributed by atoms with van der Waals surface area (Å²) in [5.74, 6) is 1.78. The van der Waals surface area contributed by atoms with Crippen LogP contribution in [-0.2, 0) is 16.6 Å². The number of aliphatic hydroxyl groups is 1. The van der Waals surface area contributed by atoms with Gasteiger partial charge in [0.05, 0.1) is 11.0 Å². The van der Waals surface area contributed by atoms with Crippen LogP contribution in [0.15, 0.2) is 24.3 Å². The second kappa shape index (κ2) is 14.5. The fraction of sp³-hybridized carbons (Fsp3) is 0.763. The first-order valence-corrected chi connectivity index (χ1v) is 18.0. The minimum atomic E-state index is -0.960. The smallest absolute Gasteiger partial charge is 0.311 e. The van der Waals surface area contributed by atoms with Gasteiger partial charge in [0.25, 0.3) is 0 Å². The van der Waals surface area contributed by atoms with E-state index in [2.05, 4.69) is 31.4 Å². The van der Waals surface area contributed by atoms with Crippen LogP contribution in [0, 0.1) is 5.92 Å². The van der Waals surface area contributed by atoms with Crippen LogP contribution in [0.25, 0.3) is 0 Å². The van der Waals surface area contributed by atoms with Gasteiger partial charge in [0.2, 0.25) is 0 Å². The van der Waals surface area contributed by atoms with E-state index in [1.807, 2.05) is 13.0 Å². The average Bonchev–Trinajstić information content (AvgIpc) is 3.73. The predicted molar refractivity (Wildman–Crippen MR) is 175 cm³/mol. The van der Waals surface area contributed by atoms with Gasteiger partial charge in [-0.15, -0.1) is 0 Å². The zero-order chi connectivity index (χ0) is 30.5. The van der Waals surface area contributed by atoms with Gasteiger partial charge in [0.15, 0.2) is 11.5 Å². The summed E-state index contributed by atoms with van der Waals surface area (Å²) in [5, 5.41) is 12.4. The molecule has 0 amide bonds. The number of piperidine rings is 1. The minimum Gasteiger partial charge on any atom is -0.481 e. The second-order valence-electron chi connectivity index (χ2n) is 14.4. The molecule has 2 bridgehead atoms. The molecule has 0 radical (unpaired) electrons. The highest BCUT2D eigenvalue weighted by molar-refractivity contribution is 5.75. The molecule has 43 heavy (non-hydrogen) atoms. The molecule has 4 aliphatic rings. The van der Waals surface area contributed by atoms with Crippen molar-refractivity contribution in [2.45, 2.75) is 166 Å². The van der Waals surface area contributed by atoms with E-state index in [1.54, 1.807) is 0 Å². The SMILES string of the molecule is C=C(CC)C1Oc2c(OC(=O)CCCCCCCCCCCCCCC)ccc3c2C12CCN(CC1CC1)C(C3)C2(C)O. The number of hydrogen-bond donors (Lipinski definition) is 1. The van der Waals surface area contributed by atoms with Crippen LogP contribution in [0.5, 0.6) is 11.5 Å². The van der Waals surface area contributed by atoms with Crippen molar-refractivity contribution in [1.29, 1.82) is 0 Å². The maximum atomic E-state index is 13.0. The van der Waals surface area contributed by atoms with Gasteiger partial charge in [0.1, 0.15) is 6.10 Å². The van der Waals surface area contributed by atoms with Crippen LogP contribution < -0.4 is 9.47 Å². The molecule has 1 aromatic carbocycles. The van der Waals surface area contributed by atoms with E-state index in [9.17, 15) is 9.90 Å². The number of benzene rings is 1. The summed E-state index contributed by atoms with van der Waals surface area (Å²) >= 11 is 0.